The van der Waals surface area contributed by atoms with Crippen LogP contribution in [0.25, 0.3) is 11.3 Å². The number of amides is 1. The molecule has 144 valence electrons. The van der Waals surface area contributed by atoms with Crippen LogP contribution in [0.3, 0.4) is 0 Å². The summed E-state index contributed by atoms with van der Waals surface area (Å²) in [5, 5.41) is 16.3. The molecule has 0 fully saturated rings. The highest BCUT2D eigenvalue weighted by Gasteiger charge is 2.13. The molecule has 1 amide bonds. The Hall–Kier alpha value is -3.23. The summed E-state index contributed by atoms with van der Waals surface area (Å²) in [4.78, 5) is 16.8. The van der Waals surface area contributed by atoms with Crippen molar-refractivity contribution in [3.63, 3.8) is 0 Å². The molecule has 0 atom stereocenters. The first-order chi connectivity index (χ1) is 13.6. The lowest BCUT2D eigenvalue weighted by atomic mass is 10.1. The number of benzene rings is 2. The van der Waals surface area contributed by atoms with E-state index in [9.17, 15) is 9.90 Å². The van der Waals surface area contributed by atoms with E-state index >= 15 is 0 Å². The van der Waals surface area contributed by atoms with Crippen LogP contribution in [-0.4, -0.2) is 42.2 Å². The molecule has 0 spiro atoms. The molecule has 8 heteroatoms. The zero-order valence-corrected chi connectivity index (χ0v) is 16.1. The zero-order chi connectivity index (χ0) is 19.9. The summed E-state index contributed by atoms with van der Waals surface area (Å²) < 4.78 is 6.76. The highest BCUT2D eigenvalue weighted by Crippen LogP contribution is 2.26. The molecule has 1 aromatic heterocycles. The molecule has 0 aliphatic carbocycles. The fraction of sp³-hybridized carbons (Fsp3) is 0.150. The van der Waals surface area contributed by atoms with Gasteiger partial charge in [-0.15, -0.1) is 11.3 Å². The van der Waals surface area contributed by atoms with Crippen molar-refractivity contribution >= 4 is 23.5 Å². The average molecular weight is 396 g/mol. The Morgan fingerprint density at radius 1 is 1.29 bits per heavy atom. The van der Waals surface area contributed by atoms with Gasteiger partial charge in [0.1, 0.15) is 5.75 Å². The second-order valence-electron chi connectivity index (χ2n) is 5.84. The van der Waals surface area contributed by atoms with Crippen LogP contribution >= 0.6 is 11.3 Å². The molecule has 0 aliphatic rings. The van der Waals surface area contributed by atoms with Crippen molar-refractivity contribution < 1.29 is 14.6 Å². The number of phenols is 1. The molecular weight excluding hydrogens is 376 g/mol. The number of aromatic hydroxyl groups is 1. The second-order valence-corrected chi connectivity index (χ2v) is 6.68. The van der Waals surface area contributed by atoms with E-state index in [-0.39, 0.29) is 11.3 Å². The molecule has 0 aliphatic heterocycles. The van der Waals surface area contributed by atoms with Gasteiger partial charge in [0.25, 0.3) is 5.91 Å². The molecule has 2 aromatic carbocycles. The summed E-state index contributed by atoms with van der Waals surface area (Å²) in [7, 11) is 1.62. The number of hydrogen-bond acceptors (Lipinski definition) is 6. The largest absolute Gasteiger partial charge is 0.507 e. The number of carbonyl (C=O) groups is 1. The van der Waals surface area contributed by atoms with Gasteiger partial charge in [-0.25, -0.2) is 4.68 Å². The van der Waals surface area contributed by atoms with Crippen molar-refractivity contribution in [1.29, 1.82) is 0 Å². The second kappa shape index (κ2) is 9.12. The smallest absolute Gasteiger partial charge is 0.252 e. The van der Waals surface area contributed by atoms with Gasteiger partial charge in [-0.2, -0.15) is 5.10 Å². The fourth-order valence-corrected chi connectivity index (χ4v) is 3.37. The molecule has 0 unspecified atom stereocenters. The Kier molecular flexibility index (Phi) is 6.36. The van der Waals surface area contributed by atoms with Crippen LogP contribution in [0.15, 0.2) is 64.0 Å². The van der Waals surface area contributed by atoms with Crippen molar-refractivity contribution in [2.75, 3.05) is 20.3 Å². The number of methoxy groups -OCH3 is 1. The van der Waals surface area contributed by atoms with E-state index in [0.717, 1.165) is 11.3 Å². The number of thiazole rings is 1. The van der Waals surface area contributed by atoms with E-state index in [2.05, 4.69) is 10.1 Å². The first-order valence-electron chi connectivity index (χ1n) is 8.52. The Labute approximate surface area is 166 Å². The monoisotopic (exact) mass is 396 g/mol. The molecule has 0 saturated carbocycles. The number of primary amides is 1. The molecule has 3 N–H and O–H groups in total. The van der Waals surface area contributed by atoms with Crippen molar-refractivity contribution in [3.05, 3.63) is 69.8 Å². The third-order valence-electron chi connectivity index (χ3n) is 3.91. The van der Waals surface area contributed by atoms with E-state index < -0.39 is 5.91 Å². The lowest BCUT2D eigenvalue weighted by Gasteiger charge is -2.06. The van der Waals surface area contributed by atoms with Crippen LogP contribution in [0.1, 0.15) is 15.9 Å². The van der Waals surface area contributed by atoms with Crippen LogP contribution in [0.4, 0.5) is 0 Å². The molecule has 0 radical (unpaired) electrons. The van der Waals surface area contributed by atoms with Gasteiger partial charge in [0, 0.05) is 18.1 Å². The lowest BCUT2D eigenvalue weighted by molar-refractivity contribution is 0.0998. The quantitative estimate of drug-likeness (QED) is 0.474. The van der Waals surface area contributed by atoms with Gasteiger partial charge in [-0.3, -0.25) is 9.79 Å². The summed E-state index contributed by atoms with van der Waals surface area (Å²) in [5.41, 5.74) is 7.78. The molecule has 28 heavy (non-hydrogen) atoms. The van der Waals surface area contributed by atoms with Gasteiger partial charge >= 0.3 is 0 Å². The summed E-state index contributed by atoms with van der Waals surface area (Å²) in [5.74, 6) is -0.852. The van der Waals surface area contributed by atoms with Gasteiger partial charge < -0.3 is 15.6 Å². The molecule has 3 aromatic rings. The van der Waals surface area contributed by atoms with E-state index in [1.807, 2.05) is 35.7 Å². The minimum absolute atomic E-state index is 0.0557. The SMILES string of the molecule is COCCN=c1scc(-c2ccc(O)c(C(N)=O)c2)n1/N=C/c1ccccc1. The van der Waals surface area contributed by atoms with Gasteiger partial charge in [0.05, 0.1) is 30.6 Å². The van der Waals surface area contributed by atoms with Gasteiger partial charge in [0.2, 0.25) is 4.80 Å². The lowest BCUT2D eigenvalue weighted by Crippen LogP contribution is -2.14. The molecule has 7 nitrogen and oxygen atoms in total. The molecular formula is C20H20N4O3S. The minimum Gasteiger partial charge on any atom is -0.507 e. The van der Waals surface area contributed by atoms with Crippen molar-refractivity contribution in [1.82, 2.24) is 4.68 Å². The molecule has 3 rings (SSSR count). The van der Waals surface area contributed by atoms with Crippen LogP contribution in [0.2, 0.25) is 0 Å². The van der Waals surface area contributed by atoms with Gasteiger partial charge in [-0.05, 0) is 23.8 Å². The maximum atomic E-state index is 11.6. The summed E-state index contributed by atoms with van der Waals surface area (Å²) >= 11 is 1.42. The Morgan fingerprint density at radius 2 is 2.07 bits per heavy atom. The third kappa shape index (κ3) is 4.54. The van der Waals surface area contributed by atoms with Crippen LogP contribution in [0, 0.1) is 0 Å². The summed E-state index contributed by atoms with van der Waals surface area (Å²) in [6.07, 6.45) is 1.74. The molecule has 0 saturated heterocycles. The van der Waals surface area contributed by atoms with E-state index in [0.29, 0.717) is 23.5 Å². The summed E-state index contributed by atoms with van der Waals surface area (Å²) in [6, 6.07) is 14.4. The maximum absolute atomic E-state index is 11.6. The van der Waals surface area contributed by atoms with Crippen molar-refractivity contribution in [3.8, 4) is 17.0 Å². The number of rotatable bonds is 7. The number of ether oxygens (including phenoxy) is 1. The van der Waals surface area contributed by atoms with E-state index in [1.54, 1.807) is 30.1 Å². The zero-order valence-electron chi connectivity index (χ0n) is 15.3. The number of nitrogens with zero attached hydrogens (tertiary/aromatic N) is 3. The van der Waals surface area contributed by atoms with E-state index in [4.69, 9.17) is 10.5 Å². The molecule has 1 heterocycles. The number of aromatic nitrogens is 1. The number of carbonyl (C=O) groups excluding carboxylic acids is 1. The minimum atomic E-state index is -0.695. The molecule has 0 bridgehead atoms. The van der Waals surface area contributed by atoms with E-state index in [1.165, 1.54) is 17.4 Å². The Bertz CT molecular complexity index is 1050. The van der Waals surface area contributed by atoms with Gasteiger partial charge in [-0.1, -0.05) is 30.3 Å². The van der Waals surface area contributed by atoms with Crippen LogP contribution < -0.4 is 10.5 Å². The highest BCUT2D eigenvalue weighted by molar-refractivity contribution is 7.07. The maximum Gasteiger partial charge on any atom is 0.252 e. The summed E-state index contributed by atoms with van der Waals surface area (Å²) in [6.45, 7) is 1.00. The number of nitrogens with two attached hydrogens (primary N) is 1. The van der Waals surface area contributed by atoms with Crippen LogP contribution in [-0.2, 0) is 4.74 Å². The highest BCUT2D eigenvalue weighted by atomic mass is 32.1. The Balaban J connectivity index is 2.09. The topological polar surface area (TPSA) is 102 Å². The predicted molar refractivity (Wildman–Crippen MR) is 110 cm³/mol. The predicted octanol–water partition coefficient (Wildman–Crippen LogP) is 2.45. The average Bonchev–Trinajstić information content (AvgIpc) is 3.10. The fourth-order valence-electron chi connectivity index (χ4n) is 2.51. The first-order valence-corrected chi connectivity index (χ1v) is 9.40. The standard InChI is InChI=1S/C20H20N4O3S/c1-27-10-9-22-20-24(23-12-14-5-3-2-4-6-14)17(13-28-20)15-7-8-18(25)16(11-15)19(21)26/h2-8,11-13,25H,9-10H2,1H3,(H2,21,26)/b22-20?,23-12+. The van der Waals surface area contributed by atoms with Crippen molar-refractivity contribution in [2.24, 2.45) is 15.8 Å². The number of hydrogen-bond donors (Lipinski definition) is 2. The van der Waals surface area contributed by atoms with Crippen molar-refractivity contribution in [2.45, 2.75) is 0 Å². The Morgan fingerprint density at radius 3 is 2.79 bits per heavy atom. The normalized spacial score (nSPS) is 12.0. The first kappa shape index (κ1) is 19.5. The third-order valence-corrected chi connectivity index (χ3v) is 4.76. The van der Waals surface area contributed by atoms with Crippen LogP contribution in [0.5, 0.6) is 5.75 Å². The van der Waals surface area contributed by atoms with Gasteiger partial charge in [0.15, 0.2) is 0 Å².